The normalized spacial score (nSPS) is 26.0. The first-order valence-corrected chi connectivity index (χ1v) is 17.1. The SMILES string of the molecule is COc1nc(N2C3CCC2CNC3)c2c(=O)n(C3CCC3)c(-c3ccc(F)c4sc(N)nc34)c(F)c2n1.FC1CC2CCCN2C1. The quantitative estimate of drug-likeness (QED) is 0.321. The topological polar surface area (TPSA) is 114 Å². The van der Waals surface area contributed by atoms with E-state index in [0.717, 1.165) is 69.5 Å². The summed E-state index contributed by atoms with van der Waals surface area (Å²) < 4.78 is 51.1. The van der Waals surface area contributed by atoms with Gasteiger partial charge in [0.25, 0.3) is 5.56 Å². The van der Waals surface area contributed by atoms with Gasteiger partial charge in [0.2, 0.25) is 0 Å². The summed E-state index contributed by atoms with van der Waals surface area (Å²) in [6.45, 7) is 3.39. The molecule has 5 aliphatic rings. The number of ether oxygens (including phenoxy) is 1. The third-order valence-corrected chi connectivity index (χ3v) is 11.3. The number of anilines is 2. The number of halogens is 3. The number of hydrogen-bond acceptors (Lipinski definition) is 10. The molecule has 1 aromatic carbocycles. The van der Waals surface area contributed by atoms with Crippen LogP contribution in [0, 0.1) is 11.6 Å². The van der Waals surface area contributed by atoms with Gasteiger partial charge in [-0.1, -0.05) is 11.3 Å². The van der Waals surface area contributed by atoms with Crippen molar-refractivity contribution in [1.82, 2.24) is 29.7 Å². The van der Waals surface area contributed by atoms with Crippen molar-refractivity contribution in [3.8, 4) is 17.3 Å². The number of nitrogens with zero attached hydrogens (tertiary/aromatic N) is 6. The maximum atomic E-state index is 16.7. The molecule has 3 aromatic heterocycles. The Kier molecular flexibility index (Phi) is 7.56. The van der Waals surface area contributed by atoms with E-state index in [2.05, 4.69) is 30.1 Å². The van der Waals surface area contributed by atoms with Crippen molar-refractivity contribution in [2.24, 2.45) is 0 Å². The largest absolute Gasteiger partial charge is 0.467 e. The van der Waals surface area contributed by atoms with Crippen molar-refractivity contribution >= 4 is 43.4 Å². The first-order valence-electron chi connectivity index (χ1n) is 16.2. The van der Waals surface area contributed by atoms with Crippen molar-refractivity contribution in [1.29, 1.82) is 0 Å². The number of nitrogen functional groups attached to an aromatic ring is 1. The van der Waals surface area contributed by atoms with E-state index >= 15 is 4.39 Å². The minimum atomic E-state index is -0.676. The van der Waals surface area contributed by atoms with Crippen LogP contribution in [0.4, 0.5) is 24.1 Å². The van der Waals surface area contributed by atoms with Gasteiger partial charge in [0.15, 0.2) is 10.9 Å². The van der Waals surface area contributed by atoms with Crippen molar-refractivity contribution in [2.75, 3.05) is 43.9 Å². The van der Waals surface area contributed by atoms with Crippen LogP contribution >= 0.6 is 11.3 Å². The van der Waals surface area contributed by atoms with Crippen LogP contribution in [0.2, 0.25) is 0 Å². The summed E-state index contributed by atoms with van der Waals surface area (Å²) in [5.74, 6) is -0.751. The number of alkyl halides is 1. The molecule has 5 fully saturated rings. The van der Waals surface area contributed by atoms with Crippen molar-refractivity contribution in [3.05, 3.63) is 34.1 Å². The van der Waals surface area contributed by atoms with Crippen LogP contribution in [0.15, 0.2) is 16.9 Å². The summed E-state index contributed by atoms with van der Waals surface area (Å²) in [5, 5.41) is 3.75. The number of nitrogens with one attached hydrogen (secondary N) is 1. The zero-order valence-corrected chi connectivity index (χ0v) is 26.5. The second-order valence-electron chi connectivity index (χ2n) is 13.1. The Bertz CT molecular complexity index is 1850. The van der Waals surface area contributed by atoms with E-state index in [-0.39, 0.29) is 61.6 Å². The Labute approximate surface area is 267 Å². The fraction of sp³-hybridized carbons (Fsp3) is 0.562. The molecule has 4 unspecified atom stereocenters. The number of pyridine rings is 1. The van der Waals surface area contributed by atoms with Crippen LogP contribution in [0.25, 0.3) is 32.4 Å². The van der Waals surface area contributed by atoms with Crippen LogP contribution in [-0.4, -0.2) is 82.0 Å². The average molecular weight is 655 g/mol. The number of piperazine rings is 1. The lowest BCUT2D eigenvalue weighted by atomic mass is 9.91. The highest BCUT2D eigenvalue weighted by atomic mass is 32.1. The predicted molar refractivity (Wildman–Crippen MR) is 172 cm³/mol. The van der Waals surface area contributed by atoms with E-state index in [9.17, 15) is 13.6 Å². The summed E-state index contributed by atoms with van der Waals surface area (Å²) in [4.78, 5) is 32.0. The molecule has 1 aliphatic carbocycles. The summed E-state index contributed by atoms with van der Waals surface area (Å²) in [6.07, 6.45) is 7.16. The Morgan fingerprint density at radius 1 is 0.978 bits per heavy atom. The van der Waals surface area contributed by atoms with Gasteiger partial charge in [-0.15, -0.1) is 0 Å². The molecule has 3 N–H and O–H groups in total. The molecule has 4 saturated heterocycles. The first kappa shape index (κ1) is 29.9. The predicted octanol–water partition coefficient (Wildman–Crippen LogP) is 4.80. The van der Waals surface area contributed by atoms with Crippen LogP contribution < -0.4 is 26.2 Å². The monoisotopic (exact) mass is 654 g/mol. The summed E-state index contributed by atoms with van der Waals surface area (Å²) >= 11 is 0.994. The Balaban J connectivity index is 0.000000297. The van der Waals surface area contributed by atoms with Crippen molar-refractivity contribution in [2.45, 2.75) is 81.7 Å². The van der Waals surface area contributed by atoms with E-state index in [0.29, 0.717) is 24.0 Å². The molecule has 10 nitrogen and oxygen atoms in total. The van der Waals surface area contributed by atoms with Gasteiger partial charge < -0.3 is 25.3 Å². The number of thiazole rings is 1. The Morgan fingerprint density at radius 2 is 1.74 bits per heavy atom. The van der Waals surface area contributed by atoms with Crippen molar-refractivity contribution < 1.29 is 17.9 Å². The summed E-state index contributed by atoms with van der Waals surface area (Å²) in [6, 6.07) is 3.44. The van der Waals surface area contributed by atoms with Crippen LogP contribution in [0.1, 0.15) is 57.4 Å². The Hall–Kier alpha value is -3.49. The molecule has 2 bridgehead atoms. The van der Waals surface area contributed by atoms with Gasteiger partial charge in [0.05, 0.1) is 23.0 Å². The number of benzene rings is 1. The van der Waals surface area contributed by atoms with Gasteiger partial charge in [-0.3, -0.25) is 9.69 Å². The third kappa shape index (κ3) is 4.82. The molecule has 4 atom stereocenters. The molecule has 0 radical (unpaired) electrons. The molecule has 4 aromatic rings. The lowest BCUT2D eigenvalue weighted by Gasteiger charge is -2.37. The molecule has 0 amide bonds. The smallest absolute Gasteiger partial charge is 0.318 e. The van der Waals surface area contributed by atoms with Gasteiger partial charge in [0, 0.05) is 49.4 Å². The lowest BCUT2D eigenvalue weighted by Crippen LogP contribution is -2.52. The van der Waals surface area contributed by atoms with Gasteiger partial charge in [0.1, 0.15) is 28.7 Å². The minimum Gasteiger partial charge on any atom is -0.467 e. The summed E-state index contributed by atoms with van der Waals surface area (Å²) in [5.41, 5.74) is 6.04. The van der Waals surface area contributed by atoms with Crippen LogP contribution in [0.5, 0.6) is 6.01 Å². The molecule has 9 rings (SSSR count). The number of methoxy groups -OCH3 is 1. The molecule has 7 heterocycles. The van der Waals surface area contributed by atoms with Gasteiger partial charge in [-0.25, -0.2) is 18.2 Å². The average Bonchev–Trinajstić information content (AvgIpc) is 3.77. The maximum Gasteiger partial charge on any atom is 0.318 e. The highest BCUT2D eigenvalue weighted by Gasteiger charge is 2.40. The number of aromatic nitrogens is 4. The molecular formula is C32H37F3N8O2S. The molecule has 1 saturated carbocycles. The molecule has 0 spiro atoms. The van der Waals surface area contributed by atoms with Gasteiger partial charge in [-0.05, 0) is 70.0 Å². The number of hydrogen-bond donors (Lipinski definition) is 2. The fourth-order valence-corrected chi connectivity index (χ4v) is 8.84. The van der Waals surface area contributed by atoms with E-state index < -0.39 is 17.8 Å². The van der Waals surface area contributed by atoms with Crippen LogP contribution in [-0.2, 0) is 0 Å². The molecule has 4 aliphatic heterocycles. The first-order chi connectivity index (χ1) is 22.3. The van der Waals surface area contributed by atoms with E-state index in [4.69, 9.17) is 10.5 Å². The van der Waals surface area contributed by atoms with Gasteiger partial charge >= 0.3 is 6.01 Å². The zero-order valence-electron chi connectivity index (χ0n) is 25.6. The highest BCUT2D eigenvalue weighted by molar-refractivity contribution is 7.22. The van der Waals surface area contributed by atoms with Gasteiger partial charge in [-0.2, -0.15) is 9.97 Å². The summed E-state index contributed by atoms with van der Waals surface area (Å²) in [7, 11) is 1.42. The second kappa shape index (κ2) is 11.6. The van der Waals surface area contributed by atoms with Crippen molar-refractivity contribution in [3.63, 3.8) is 0 Å². The second-order valence-corrected chi connectivity index (χ2v) is 14.1. The third-order valence-electron chi connectivity index (χ3n) is 10.4. The van der Waals surface area contributed by atoms with E-state index in [1.54, 1.807) is 0 Å². The highest BCUT2D eigenvalue weighted by Crippen LogP contribution is 2.43. The number of fused-ring (bicyclic) bond motifs is 5. The molecule has 244 valence electrons. The fourth-order valence-electron chi connectivity index (χ4n) is 8.08. The minimum absolute atomic E-state index is 0.00627. The van der Waals surface area contributed by atoms with Crippen LogP contribution in [0.3, 0.4) is 0 Å². The van der Waals surface area contributed by atoms with E-state index in [1.807, 2.05) is 0 Å². The van der Waals surface area contributed by atoms with E-state index in [1.165, 1.54) is 36.7 Å². The number of rotatable bonds is 4. The Morgan fingerprint density at radius 3 is 2.43 bits per heavy atom. The molecule has 14 heteroatoms. The zero-order chi connectivity index (χ0) is 31.7. The molecular weight excluding hydrogens is 617 g/mol. The molecule has 46 heavy (non-hydrogen) atoms. The standard InChI is InChI=1S/C25H25F2N7O2S.C7H12FN/c1-36-25-31-19-16(22(32-25)33-12-5-6-13(33)10-29-9-12)23(35)34(11-3-2-4-11)20(17(19)27)14-7-8-15(26)21-18(14)30-24(28)37-21;8-6-4-7-2-1-3-9(7)5-6/h7-8,11-13,29H,2-6,9-10H2,1H3,(H2,28,30);6-7H,1-5H2. The maximum absolute atomic E-state index is 16.7. The number of nitrogens with two attached hydrogens (primary N) is 1. The lowest BCUT2D eigenvalue weighted by molar-refractivity contribution is 0.292.